The summed E-state index contributed by atoms with van der Waals surface area (Å²) < 4.78 is 0. The van der Waals surface area contributed by atoms with Gasteiger partial charge in [0.2, 0.25) is 0 Å². The molecule has 1 N–H and O–H groups in total. The molecule has 5 heteroatoms. The lowest BCUT2D eigenvalue weighted by molar-refractivity contribution is 0.195. The summed E-state index contributed by atoms with van der Waals surface area (Å²) in [5.41, 5.74) is 0.593. The summed E-state index contributed by atoms with van der Waals surface area (Å²) in [7, 11) is 0. The predicted octanol–water partition coefficient (Wildman–Crippen LogP) is 1.71. The summed E-state index contributed by atoms with van der Waals surface area (Å²) >= 11 is 11.5. The average molecular weight is 207 g/mol. The first-order valence-corrected chi connectivity index (χ1v) is 4.19. The lowest BCUT2D eigenvalue weighted by Gasteiger charge is -2.06. The average Bonchev–Trinajstić information content (AvgIpc) is 1.97. The van der Waals surface area contributed by atoms with Crippen LogP contribution in [0.4, 0.5) is 0 Å². The number of aromatic nitrogens is 2. The van der Waals surface area contributed by atoms with Gasteiger partial charge < -0.3 is 5.11 Å². The van der Waals surface area contributed by atoms with Crippen molar-refractivity contribution in [1.29, 1.82) is 0 Å². The topological polar surface area (TPSA) is 46.0 Å². The van der Waals surface area contributed by atoms with Gasteiger partial charge >= 0.3 is 0 Å². The Bertz CT molecular complexity index is 258. The molecule has 0 aliphatic carbocycles. The molecular weight excluding hydrogens is 199 g/mol. The molecule has 1 atom stereocenters. The second-order valence-electron chi connectivity index (χ2n) is 2.49. The van der Waals surface area contributed by atoms with Crippen molar-refractivity contribution in [1.82, 2.24) is 9.97 Å². The van der Waals surface area contributed by atoms with Crippen LogP contribution in [0.5, 0.6) is 0 Å². The maximum absolute atomic E-state index is 9.08. The van der Waals surface area contributed by atoms with E-state index in [0.717, 1.165) is 0 Å². The Morgan fingerprint density at radius 1 is 1.42 bits per heavy atom. The first-order chi connectivity index (χ1) is 5.61. The summed E-state index contributed by atoms with van der Waals surface area (Å²) in [4.78, 5) is 7.50. The molecule has 66 valence electrons. The molecule has 0 saturated heterocycles. The van der Waals surface area contributed by atoms with Gasteiger partial charge in [-0.05, 0) is 6.92 Å². The van der Waals surface area contributed by atoms with Gasteiger partial charge in [0.15, 0.2) is 0 Å². The molecule has 1 rings (SSSR count). The second kappa shape index (κ2) is 4.03. The van der Waals surface area contributed by atoms with Crippen LogP contribution in [-0.4, -0.2) is 21.2 Å². The molecule has 1 aromatic heterocycles. The Kier molecular flexibility index (Phi) is 3.26. The molecule has 3 nitrogen and oxygen atoms in total. The van der Waals surface area contributed by atoms with Crippen molar-refractivity contribution in [2.75, 3.05) is 0 Å². The number of aliphatic hydroxyl groups excluding tert-OH is 1. The van der Waals surface area contributed by atoms with Gasteiger partial charge in [-0.25, -0.2) is 9.97 Å². The van der Waals surface area contributed by atoms with E-state index in [-0.39, 0.29) is 0 Å². The SMILES string of the molecule is C[C@@H](O)Cc1c(Cl)ncnc1Cl. The summed E-state index contributed by atoms with van der Waals surface area (Å²) in [6.07, 6.45) is 1.17. The summed E-state index contributed by atoms with van der Waals surface area (Å²) in [6, 6.07) is 0. The first kappa shape index (κ1) is 9.71. The van der Waals surface area contributed by atoms with Crippen molar-refractivity contribution < 1.29 is 5.11 Å². The van der Waals surface area contributed by atoms with Crippen molar-refractivity contribution in [2.24, 2.45) is 0 Å². The number of halogens is 2. The molecule has 12 heavy (non-hydrogen) atoms. The van der Waals surface area contributed by atoms with Crippen molar-refractivity contribution in [3.8, 4) is 0 Å². The number of hydrogen-bond donors (Lipinski definition) is 1. The van der Waals surface area contributed by atoms with Gasteiger partial charge in [0.25, 0.3) is 0 Å². The molecule has 0 spiro atoms. The van der Waals surface area contributed by atoms with Crippen LogP contribution in [0, 0.1) is 0 Å². The highest BCUT2D eigenvalue weighted by molar-refractivity contribution is 6.34. The molecule has 0 aliphatic heterocycles. The highest BCUT2D eigenvalue weighted by Gasteiger charge is 2.09. The third-order valence-electron chi connectivity index (χ3n) is 1.34. The van der Waals surface area contributed by atoms with E-state index >= 15 is 0 Å². The monoisotopic (exact) mass is 206 g/mol. The van der Waals surface area contributed by atoms with Crippen LogP contribution in [0.1, 0.15) is 12.5 Å². The largest absolute Gasteiger partial charge is 0.393 e. The molecule has 0 aliphatic rings. The van der Waals surface area contributed by atoms with Crippen molar-refractivity contribution >= 4 is 23.2 Å². The van der Waals surface area contributed by atoms with Crippen LogP contribution in [-0.2, 0) is 6.42 Å². The van der Waals surface area contributed by atoms with Crippen LogP contribution < -0.4 is 0 Å². The van der Waals surface area contributed by atoms with E-state index in [1.54, 1.807) is 6.92 Å². The molecule has 1 aromatic rings. The number of hydrogen-bond acceptors (Lipinski definition) is 3. The van der Waals surface area contributed by atoms with E-state index in [1.165, 1.54) is 6.33 Å². The van der Waals surface area contributed by atoms with Crippen molar-refractivity contribution in [2.45, 2.75) is 19.4 Å². The first-order valence-electron chi connectivity index (χ1n) is 3.44. The van der Waals surface area contributed by atoms with Crippen LogP contribution in [0.2, 0.25) is 10.3 Å². The predicted molar refractivity (Wildman–Crippen MR) is 47.4 cm³/mol. The number of rotatable bonds is 2. The van der Waals surface area contributed by atoms with Gasteiger partial charge in [-0.3, -0.25) is 0 Å². The second-order valence-corrected chi connectivity index (χ2v) is 3.20. The zero-order valence-corrected chi connectivity index (χ0v) is 7.97. The Hall–Kier alpha value is -0.380. The van der Waals surface area contributed by atoms with Crippen LogP contribution in [0.15, 0.2) is 6.33 Å². The van der Waals surface area contributed by atoms with Gasteiger partial charge in [-0.1, -0.05) is 23.2 Å². The Balaban J connectivity index is 2.96. The molecule has 1 heterocycles. The van der Waals surface area contributed by atoms with E-state index in [2.05, 4.69) is 9.97 Å². The molecular formula is C7H8Cl2N2O. The molecule has 0 bridgehead atoms. The molecule has 0 radical (unpaired) electrons. The Morgan fingerprint density at radius 3 is 2.33 bits per heavy atom. The zero-order chi connectivity index (χ0) is 9.14. The number of nitrogens with zero attached hydrogens (tertiary/aromatic N) is 2. The van der Waals surface area contributed by atoms with Crippen molar-refractivity contribution in [3.05, 3.63) is 22.2 Å². The molecule has 0 unspecified atom stereocenters. The standard InChI is InChI=1S/C7H8Cl2N2O/c1-4(12)2-5-6(8)10-3-11-7(5)9/h3-4,12H,2H2,1H3/t4-/m1/s1. The van der Waals surface area contributed by atoms with E-state index < -0.39 is 6.10 Å². The lowest BCUT2D eigenvalue weighted by atomic mass is 10.2. The minimum Gasteiger partial charge on any atom is -0.393 e. The quantitative estimate of drug-likeness (QED) is 0.750. The third kappa shape index (κ3) is 2.30. The van der Waals surface area contributed by atoms with Gasteiger partial charge in [0, 0.05) is 12.0 Å². The molecule has 0 aromatic carbocycles. The van der Waals surface area contributed by atoms with Gasteiger partial charge in [0.1, 0.15) is 16.6 Å². The number of aliphatic hydroxyl groups is 1. The fraction of sp³-hybridized carbons (Fsp3) is 0.429. The van der Waals surface area contributed by atoms with Crippen LogP contribution in [0.25, 0.3) is 0 Å². The summed E-state index contributed by atoms with van der Waals surface area (Å²) in [5.74, 6) is 0. The fourth-order valence-corrected chi connectivity index (χ4v) is 1.30. The minimum atomic E-state index is -0.494. The van der Waals surface area contributed by atoms with Crippen LogP contribution in [0.3, 0.4) is 0 Å². The molecule has 0 fully saturated rings. The van der Waals surface area contributed by atoms with E-state index in [4.69, 9.17) is 28.3 Å². The fourth-order valence-electron chi connectivity index (χ4n) is 0.835. The molecule has 0 amide bonds. The Labute approximate surface area is 80.4 Å². The summed E-state index contributed by atoms with van der Waals surface area (Å²) in [5, 5.41) is 9.69. The minimum absolute atomic E-state index is 0.302. The van der Waals surface area contributed by atoms with E-state index in [1.807, 2.05) is 0 Å². The van der Waals surface area contributed by atoms with Gasteiger partial charge in [-0.15, -0.1) is 0 Å². The zero-order valence-electron chi connectivity index (χ0n) is 6.46. The maximum Gasteiger partial charge on any atom is 0.137 e. The van der Waals surface area contributed by atoms with E-state index in [0.29, 0.717) is 22.3 Å². The smallest absolute Gasteiger partial charge is 0.137 e. The summed E-state index contributed by atoms with van der Waals surface area (Å²) in [6.45, 7) is 1.65. The highest BCUT2D eigenvalue weighted by atomic mass is 35.5. The normalized spacial score (nSPS) is 13.0. The van der Waals surface area contributed by atoms with Gasteiger partial charge in [0.05, 0.1) is 6.10 Å². The molecule has 0 saturated carbocycles. The highest BCUT2D eigenvalue weighted by Crippen LogP contribution is 2.20. The third-order valence-corrected chi connectivity index (χ3v) is 1.99. The van der Waals surface area contributed by atoms with E-state index in [9.17, 15) is 0 Å². The van der Waals surface area contributed by atoms with Crippen LogP contribution >= 0.6 is 23.2 Å². The maximum atomic E-state index is 9.08. The lowest BCUT2D eigenvalue weighted by Crippen LogP contribution is -2.06. The Morgan fingerprint density at radius 2 is 1.92 bits per heavy atom. The van der Waals surface area contributed by atoms with Gasteiger partial charge in [-0.2, -0.15) is 0 Å². The van der Waals surface area contributed by atoms with Crippen molar-refractivity contribution in [3.63, 3.8) is 0 Å².